The number of halogens is 1. The van der Waals surface area contributed by atoms with Crippen LogP contribution in [-0.4, -0.2) is 8.42 Å². The lowest BCUT2D eigenvalue weighted by Gasteiger charge is -2.09. The van der Waals surface area contributed by atoms with Crippen LogP contribution in [0.25, 0.3) is 0 Å². The Labute approximate surface area is 115 Å². The van der Waals surface area contributed by atoms with Crippen molar-refractivity contribution < 1.29 is 12.8 Å². The summed E-state index contributed by atoms with van der Waals surface area (Å²) in [6.45, 7) is 1.74. The van der Waals surface area contributed by atoms with Crippen LogP contribution in [0.1, 0.15) is 10.4 Å². The Morgan fingerprint density at radius 3 is 2.74 bits per heavy atom. The number of hydrogen-bond donors (Lipinski definition) is 2. The van der Waals surface area contributed by atoms with E-state index < -0.39 is 10.0 Å². The number of sulfonamides is 1. The van der Waals surface area contributed by atoms with Crippen LogP contribution < -0.4 is 10.5 Å². The van der Waals surface area contributed by atoms with E-state index in [1.807, 2.05) is 0 Å². The molecular formula is C12H13FN2O2S2. The largest absolute Gasteiger partial charge is 0.326 e. The average Bonchev–Trinajstić information content (AvgIpc) is 2.82. The van der Waals surface area contributed by atoms with Crippen LogP contribution >= 0.6 is 11.3 Å². The number of rotatable bonds is 4. The number of nitrogens with one attached hydrogen (secondary N) is 1. The van der Waals surface area contributed by atoms with Gasteiger partial charge >= 0.3 is 0 Å². The van der Waals surface area contributed by atoms with Gasteiger partial charge < -0.3 is 5.73 Å². The summed E-state index contributed by atoms with van der Waals surface area (Å²) in [4.78, 5) is 0.758. The third-order valence-electron chi connectivity index (χ3n) is 2.59. The number of nitrogens with two attached hydrogens (primary N) is 1. The molecule has 4 nitrogen and oxygen atoms in total. The van der Waals surface area contributed by atoms with E-state index >= 15 is 0 Å². The lowest BCUT2D eigenvalue weighted by molar-refractivity contribution is 0.600. The highest BCUT2D eigenvalue weighted by Crippen LogP contribution is 2.24. The summed E-state index contributed by atoms with van der Waals surface area (Å²) >= 11 is 1.29. The van der Waals surface area contributed by atoms with Gasteiger partial charge in [0.1, 0.15) is 10.7 Å². The Bertz CT molecular complexity index is 696. The second kappa shape index (κ2) is 5.28. The number of hydrogen-bond acceptors (Lipinski definition) is 4. The first kappa shape index (κ1) is 14.0. The van der Waals surface area contributed by atoms with Crippen molar-refractivity contribution in [1.29, 1.82) is 0 Å². The minimum Gasteiger partial charge on any atom is -0.326 e. The molecule has 1 heterocycles. The highest BCUT2D eigenvalue weighted by atomic mass is 32.2. The van der Waals surface area contributed by atoms with Gasteiger partial charge in [-0.2, -0.15) is 0 Å². The monoisotopic (exact) mass is 300 g/mol. The fourth-order valence-corrected chi connectivity index (χ4v) is 4.02. The summed E-state index contributed by atoms with van der Waals surface area (Å²) in [6.07, 6.45) is 0. The maximum Gasteiger partial charge on any atom is 0.263 e. The zero-order chi connectivity index (χ0) is 14.0. The predicted octanol–water partition coefficient (Wildman–Crippen LogP) is 2.46. The Balaban J connectivity index is 2.34. The highest BCUT2D eigenvalue weighted by molar-refractivity contribution is 7.93. The second-order valence-corrected chi connectivity index (χ2v) is 6.63. The smallest absolute Gasteiger partial charge is 0.263 e. The molecule has 0 aliphatic carbocycles. The molecule has 3 N–H and O–H groups in total. The van der Waals surface area contributed by atoms with Gasteiger partial charge in [-0.05, 0) is 42.1 Å². The van der Waals surface area contributed by atoms with E-state index in [4.69, 9.17) is 5.73 Å². The molecular weight excluding hydrogens is 287 g/mol. The average molecular weight is 300 g/mol. The van der Waals surface area contributed by atoms with Crippen molar-refractivity contribution in [2.45, 2.75) is 18.4 Å². The molecule has 1 aromatic carbocycles. The van der Waals surface area contributed by atoms with Gasteiger partial charge in [0.2, 0.25) is 0 Å². The molecule has 0 saturated heterocycles. The van der Waals surface area contributed by atoms with Crippen molar-refractivity contribution in [3.05, 3.63) is 45.9 Å². The normalized spacial score (nSPS) is 11.5. The quantitative estimate of drug-likeness (QED) is 0.911. The molecule has 2 aromatic rings. The van der Waals surface area contributed by atoms with Crippen molar-refractivity contribution in [2.75, 3.05) is 4.72 Å². The molecule has 102 valence electrons. The van der Waals surface area contributed by atoms with E-state index in [9.17, 15) is 12.8 Å². The van der Waals surface area contributed by atoms with Gasteiger partial charge in [-0.15, -0.1) is 11.3 Å². The molecule has 0 saturated carbocycles. The lowest BCUT2D eigenvalue weighted by atomic mass is 10.2. The van der Waals surface area contributed by atoms with Gasteiger partial charge in [-0.3, -0.25) is 4.72 Å². The van der Waals surface area contributed by atoms with Crippen molar-refractivity contribution in [3.63, 3.8) is 0 Å². The Morgan fingerprint density at radius 2 is 2.11 bits per heavy atom. The molecule has 0 radical (unpaired) electrons. The van der Waals surface area contributed by atoms with Crippen LogP contribution in [-0.2, 0) is 16.6 Å². The SMILES string of the molecule is Cc1cc(NS(=O)(=O)c2ccsc2CN)ccc1F. The fraction of sp³-hybridized carbons (Fsp3) is 0.167. The van der Waals surface area contributed by atoms with Gasteiger partial charge in [0.25, 0.3) is 10.0 Å². The molecule has 2 rings (SSSR count). The maximum atomic E-state index is 13.1. The third kappa shape index (κ3) is 2.94. The van der Waals surface area contributed by atoms with Gasteiger partial charge in [-0.1, -0.05) is 0 Å². The summed E-state index contributed by atoms with van der Waals surface area (Å²) in [5, 5.41) is 1.67. The predicted molar refractivity (Wildman–Crippen MR) is 74.2 cm³/mol. The van der Waals surface area contributed by atoms with Gasteiger partial charge in [-0.25, -0.2) is 12.8 Å². The summed E-state index contributed by atoms with van der Waals surface area (Å²) in [7, 11) is -3.68. The maximum absolute atomic E-state index is 13.1. The topological polar surface area (TPSA) is 72.2 Å². The zero-order valence-corrected chi connectivity index (χ0v) is 11.8. The van der Waals surface area contributed by atoms with Crippen LogP contribution in [0.4, 0.5) is 10.1 Å². The molecule has 0 aliphatic heterocycles. The number of thiophene rings is 1. The molecule has 0 aliphatic rings. The minimum atomic E-state index is -3.68. The van der Waals surface area contributed by atoms with E-state index in [1.54, 1.807) is 12.3 Å². The van der Waals surface area contributed by atoms with Crippen molar-refractivity contribution >= 4 is 27.0 Å². The Kier molecular flexibility index (Phi) is 3.88. The minimum absolute atomic E-state index is 0.163. The van der Waals surface area contributed by atoms with E-state index in [0.29, 0.717) is 16.1 Å². The van der Waals surface area contributed by atoms with Crippen LogP contribution in [0.15, 0.2) is 34.5 Å². The van der Waals surface area contributed by atoms with Gasteiger partial charge in [0.05, 0.1) is 0 Å². The van der Waals surface area contributed by atoms with E-state index in [-0.39, 0.29) is 17.3 Å². The Hall–Kier alpha value is -1.44. The molecule has 0 spiro atoms. The molecule has 1 aromatic heterocycles. The van der Waals surface area contributed by atoms with Crippen molar-refractivity contribution in [1.82, 2.24) is 0 Å². The van der Waals surface area contributed by atoms with Crippen LogP contribution in [0.3, 0.4) is 0 Å². The summed E-state index contributed by atoms with van der Waals surface area (Å²) in [5.74, 6) is -0.374. The summed E-state index contributed by atoms with van der Waals surface area (Å²) in [6, 6.07) is 5.56. The van der Waals surface area contributed by atoms with Crippen LogP contribution in [0.5, 0.6) is 0 Å². The summed E-state index contributed by atoms with van der Waals surface area (Å²) < 4.78 is 39.9. The zero-order valence-electron chi connectivity index (χ0n) is 10.2. The van der Waals surface area contributed by atoms with E-state index in [1.165, 1.54) is 35.6 Å². The first-order valence-corrected chi connectivity index (χ1v) is 7.86. The highest BCUT2D eigenvalue weighted by Gasteiger charge is 2.19. The lowest BCUT2D eigenvalue weighted by Crippen LogP contribution is -2.14. The van der Waals surface area contributed by atoms with Gasteiger partial charge in [0, 0.05) is 17.1 Å². The third-order valence-corrected chi connectivity index (χ3v) is 5.13. The second-order valence-electron chi connectivity index (χ2n) is 3.98. The van der Waals surface area contributed by atoms with Crippen LogP contribution in [0, 0.1) is 12.7 Å². The summed E-state index contributed by atoms with van der Waals surface area (Å²) in [5.41, 5.74) is 6.20. The molecule has 19 heavy (non-hydrogen) atoms. The Morgan fingerprint density at radius 1 is 1.37 bits per heavy atom. The van der Waals surface area contributed by atoms with E-state index in [0.717, 1.165) is 0 Å². The number of aryl methyl sites for hydroxylation is 1. The molecule has 0 amide bonds. The fourth-order valence-electron chi connectivity index (χ4n) is 1.64. The molecule has 0 atom stereocenters. The molecule has 7 heteroatoms. The van der Waals surface area contributed by atoms with E-state index in [2.05, 4.69) is 4.72 Å². The molecule has 0 fully saturated rings. The van der Waals surface area contributed by atoms with Crippen molar-refractivity contribution in [3.8, 4) is 0 Å². The van der Waals surface area contributed by atoms with Crippen molar-refractivity contribution in [2.24, 2.45) is 5.73 Å². The number of benzene rings is 1. The number of anilines is 1. The standard InChI is InChI=1S/C12H13FN2O2S2/c1-8-6-9(2-3-10(8)13)15-19(16,17)12-4-5-18-11(12)7-14/h2-6,15H,7,14H2,1H3. The van der Waals surface area contributed by atoms with Gasteiger partial charge in [0.15, 0.2) is 0 Å². The molecule has 0 unspecified atom stereocenters. The van der Waals surface area contributed by atoms with Crippen LogP contribution in [0.2, 0.25) is 0 Å². The first-order chi connectivity index (χ1) is 8.94. The first-order valence-electron chi connectivity index (χ1n) is 5.49. The molecule has 0 bridgehead atoms.